The Morgan fingerprint density at radius 3 is 2.45 bits per heavy atom. The molecule has 0 saturated carbocycles. The highest BCUT2D eigenvalue weighted by atomic mass is 79.9. The van der Waals surface area contributed by atoms with E-state index in [1.165, 1.54) is 0 Å². The molecule has 0 radical (unpaired) electrons. The minimum Gasteiger partial charge on any atom is -0.383 e. The van der Waals surface area contributed by atoms with Gasteiger partial charge in [-0.15, -0.1) is 0 Å². The molecule has 3 rings (SSSR count). The van der Waals surface area contributed by atoms with Crippen molar-refractivity contribution in [3.8, 4) is 22.4 Å². The van der Waals surface area contributed by atoms with E-state index in [0.29, 0.717) is 5.82 Å². The van der Waals surface area contributed by atoms with Crippen molar-refractivity contribution >= 4 is 21.7 Å². The molecule has 0 atom stereocenters. The number of hydrogen-bond donors (Lipinski definition) is 1. The van der Waals surface area contributed by atoms with Gasteiger partial charge in [0.25, 0.3) is 0 Å². The van der Waals surface area contributed by atoms with E-state index >= 15 is 0 Å². The molecule has 0 aliphatic heterocycles. The Hall–Kier alpha value is -2.21. The SMILES string of the molecule is Cn1nc(-c2ccnnc2)c(-c2ccc(Br)cc2)c1N. The van der Waals surface area contributed by atoms with Crippen LogP contribution < -0.4 is 5.73 Å². The zero-order valence-corrected chi connectivity index (χ0v) is 12.4. The molecule has 2 aromatic heterocycles. The highest BCUT2D eigenvalue weighted by Crippen LogP contribution is 2.35. The van der Waals surface area contributed by atoms with Crippen molar-refractivity contribution in [2.24, 2.45) is 7.05 Å². The summed E-state index contributed by atoms with van der Waals surface area (Å²) in [7, 11) is 1.83. The molecule has 6 heteroatoms. The number of nitrogen functional groups attached to an aromatic ring is 1. The largest absolute Gasteiger partial charge is 0.383 e. The molecule has 0 amide bonds. The Labute approximate surface area is 124 Å². The molecular formula is C14H12BrN5. The maximum atomic E-state index is 6.16. The number of nitrogens with zero attached hydrogens (tertiary/aromatic N) is 4. The van der Waals surface area contributed by atoms with Crippen LogP contribution in [0.3, 0.4) is 0 Å². The van der Waals surface area contributed by atoms with E-state index < -0.39 is 0 Å². The first-order chi connectivity index (χ1) is 9.66. The van der Waals surface area contributed by atoms with Gasteiger partial charge in [0.15, 0.2) is 0 Å². The third kappa shape index (κ3) is 2.18. The summed E-state index contributed by atoms with van der Waals surface area (Å²) in [4.78, 5) is 0. The summed E-state index contributed by atoms with van der Waals surface area (Å²) in [5, 5.41) is 12.2. The summed E-state index contributed by atoms with van der Waals surface area (Å²) in [5.41, 5.74) is 9.79. The molecule has 3 aromatic rings. The lowest BCUT2D eigenvalue weighted by atomic mass is 10.0. The number of rotatable bonds is 2. The number of anilines is 1. The number of aromatic nitrogens is 4. The van der Waals surface area contributed by atoms with Gasteiger partial charge in [0.1, 0.15) is 11.5 Å². The molecule has 1 aromatic carbocycles. The molecule has 0 saturated heterocycles. The van der Waals surface area contributed by atoms with Crippen LogP contribution in [0.1, 0.15) is 0 Å². The lowest BCUT2D eigenvalue weighted by Gasteiger charge is -2.04. The van der Waals surface area contributed by atoms with Crippen LogP contribution in [-0.2, 0) is 7.05 Å². The molecular weight excluding hydrogens is 318 g/mol. The molecule has 100 valence electrons. The molecule has 0 spiro atoms. The zero-order chi connectivity index (χ0) is 14.1. The summed E-state index contributed by atoms with van der Waals surface area (Å²) in [6, 6.07) is 9.86. The first-order valence-electron chi connectivity index (χ1n) is 6.02. The van der Waals surface area contributed by atoms with E-state index in [0.717, 1.165) is 26.9 Å². The van der Waals surface area contributed by atoms with Gasteiger partial charge in [-0.05, 0) is 23.8 Å². The van der Waals surface area contributed by atoms with Crippen molar-refractivity contribution in [1.29, 1.82) is 0 Å². The maximum Gasteiger partial charge on any atom is 0.129 e. The number of halogens is 1. The highest BCUT2D eigenvalue weighted by Gasteiger charge is 2.17. The second-order valence-electron chi connectivity index (χ2n) is 4.37. The number of aryl methyl sites for hydroxylation is 1. The van der Waals surface area contributed by atoms with Gasteiger partial charge in [-0.1, -0.05) is 28.1 Å². The minimum absolute atomic E-state index is 0.624. The Balaban J connectivity index is 2.22. The third-order valence-electron chi connectivity index (χ3n) is 3.08. The predicted octanol–water partition coefficient (Wildman–Crippen LogP) is 2.89. The Morgan fingerprint density at radius 2 is 1.80 bits per heavy atom. The smallest absolute Gasteiger partial charge is 0.129 e. The molecule has 2 heterocycles. The fourth-order valence-corrected chi connectivity index (χ4v) is 2.34. The topological polar surface area (TPSA) is 69.6 Å². The summed E-state index contributed by atoms with van der Waals surface area (Å²) in [6.07, 6.45) is 3.33. The summed E-state index contributed by atoms with van der Waals surface area (Å²) < 4.78 is 2.70. The quantitative estimate of drug-likeness (QED) is 0.784. The van der Waals surface area contributed by atoms with E-state index in [9.17, 15) is 0 Å². The number of hydrogen-bond acceptors (Lipinski definition) is 4. The van der Waals surface area contributed by atoms with Crippen LogP contribution in [0.25, 0.3) is 22.4 Å². The Bertz CT molecular complexity index is 734. The highest BCUT2D eigenvalue weighted by molar-refractivity contribution is 9.10. The van der Waals surface area contributed by atoms with E-state index in [2.05, 4.69) is 31.2 Å². The van der Waals surface area contributed by atoms with Crippen LogP contribution in [0.2, 0.25) is 0 Å². The van der Waals surface area contributed by atoms with E-state index in [-0.39, 0.29) is 0 Å². The first kappa shape index (κ1) is 12.8. The average molecular weight is 330 g/mol. The van der Waals surface area contributed by atoms with E-state index in [4.69, 9.17) is 5.73 Å². The second kappa shape index (κ2) is 5.05. The third-order valence-corrected chi connectivity index (χ3v) is 3.61. The molecule has 0 fully saturated rings. The van der Waals surface area contributed by atoms with E-state index in [1.54, 1.807) is 17.1 Å². The van der Waals surface area contributed by atoms with Crippen LogP contribution in [0, 0.1) is 0 Å². The minimum atomic E-state index is 0.624. The monoisotopic (exact) mass is 329 g/mol. The average Bonchev–Trinajstić information content (AvgIpc) is 2.77. The van der Waals surface area contributed by atoms with Crippen LogP contribution >= 0.6 is 15.9 Å². The molecule has 2 N–H and O–H groups in total. The van der Waals surface area contributed by atoms with Crippen molar-refractivity contribution in [3.63, 3.8) is 0 Å². The molecule has 0 unspecified atom stereocenters. The fraction of sp³-hybridized carbons (Fsp3) is 0.0714. The van der Waals surface area contributed by atoms with Crippen molar-refractivity contribution in [3.05, 3.63) is 47.2 Å². The van der Waals surface area contributed by atoms with Gasteiger partial charge in [0.05, 0.1) is 18.0 Å². The molecule has 0 aliphatic carbocycles. The molecule has 5 nitrogen and oxygen atoms in total. The molecule has 0 aliphatic rings. The van der Waals surface area contributed by atoms with Crippen LogP contribution in [0.15, 0.2) is 47.2 Å². The van der Waals surface area contributed by atoms with Crippen molar-refractivity contribution < 1.29 is 0 Å². The van der Waals surface area contributed by atoms with Gasteiger partial charge in [0, 0.05) is 17.1 Å². The summed E-state index contributed by atoms with van der Waals surface area (Å²) in [5.74, 6) is 0.624. The van der Waals surface area contributed by atoms with Gasteiger partial charge in [-0.3, -0.25) is 4.68 Å². The standard InChI is InChI=1S/C14H12BrN5/c1-20-14(16)12(9-2-4-11(15)5-3-9)13(19-20)10-6-7-17-18-8-10/h2-8H,16H2,1H3. The van der Waals surface area contributed by atoms with Gasteiger partial charge in [-0.2, -0.15) is 15.3 Å². The van der Waals surface area contributed by atoms with Crippen molar-refractivity contribution in [1.82, 2.24) is 20.0 Å². The van der Waals surface area contributed by atoms with Crippen LogP contribution in [0.4, 0.5) is 5.82 Å². The zero-order valence-electron chi connectivity index (χ0n) is 10.8. The van der Waals surface area contributed by atoms with Gasteiger partial charge in [0.2, 0.25) is 0 Å². The summed E-state index contributed by atoms with van der Waals surface area (Å²) >= 11 is 3.43. The normalized spacial score (nSPS) is 10.7. The lowest BCUT2D eigenvalue weighted by molar-refractivity contribution is 0.782. The predicted molar refractivity (Wildman–Crippen MR) is 81.8 cm³/mol. The number of nitrogens with two attached hydrogens (primary N) is 1. The lowest BCUT2D eigenvalue weighted by Crippen LogP contribution is -1.97. The Kier molecular flexibility index (Phi) is 3.23. The molecule has 20 heavy (non-hydrogen) atoms. The Morgan fingerprint density at radius 1 is 1.05 bits per heavy atom. The van der Waals surface area contributed by atoms with Gasteiger partial charge >= 0.3 is 0 Å². The molecule has 0 bridgehead atoms. The van der Waals surface area contributed by atoms with E-state index in [1.807, 2.05) is 37.4 Å². The van der Waals surface area contributed by atoms with Crippen molar-refractivity contribution in [2.75, 3.05) is 5.73 Å². The van der Waals surface area contributed by atoms with Gasteiger partial charge < -0.3 is 5.73 Å². The van der Waals surface area contributed by atoms with Crippen LogP contribution in [-0.4, -0.2) is 20.0 Å². The maximum absolute atomic E-state index is 6.16. The second-order valence-corrected chi connectivity index (χ2v) is 5.29. The first-order valence-corrected chi connectivity index (χ1v) is 6.81. The fourth-order valence-electron chi connectivity index (χ4n) is 2.07. The van der Waals surface area contributed by atoms with Crippen molar-refractivity contribution in [2.45, 2.75) is 0 Å². The van der Waals surface area contributed by atoms with Crippen LogP contribution in [0.5, 0.6) is 0 Å². The number of benzene rings is 1. The summed E-state index contributed by atoms with van der Waals surface area (Å²) in [6.45, 7) is 0. The van der Waals surface area contributed by atoms with Gasteiger partial charge in [-0.25, -0.2) is 0 Å².